The lowest BCUT2D eigenvalue weighted by Gasteiger charge is -2.18. The van der Waals surface area contributed by atoms with Crippen LogP contribution in [-0.4, -0.2) is 35.9 Å². The minimum absolute atomic E-state index is 0.192. The Morgan fingerprint density at radius 3 is 2.38 bits per heavy atom. The number of thioether (sulfide) groups is 1. The van der Waals surface area contributed by atoms with Crippen LogP contribution in [0.2, 0.25) is 0 Å². The summed E-state index contributed by atoms with van der Waals surface area (Å²) in [6, 6.07) is 0. The molecule has 2 unspecified atom stereocenters. The van der Waals surface area contributed by atoms with Crippen molar-refractivity contribution in [1.29, 1.82) is 0 Å². The molecule has 0 spiro atoms. The molecule has 0 rings (SSSR count). The number of aliphatic hydroxyl groups is 1. The van der Waals surface area contributed by atoms with Crippen LogP contribution in [0.15, 0.2) is 0 Å². The van der Waals surface area contributed by atoms with Crippen LogP contribution in [0.4, 0.5) is 0 Å². The summed E-state index contributed by atoms with van der Waals surface area (Å²) < 4.78 is 4.97. The van der Waals surface area contributed by atoms with Gasteiger partial charge < -0.3 is 9.84 Å². The van der Waals surface area contributed by atoms with Crippen molar-refractivity contribution in [2.24, 2.45) is 5.92 Å². The third kappa shape index (κ3) is 7.35. The molecule has 0 aliphatic rings. The second kappa shape index (κ2) is 7.65. The monoisotopic (exact) mass is 206 g/mol. The van der Waals surface area contributed by atoms with E-state index in [2.05, 4.69) is 20.8 Å². The van der Waals surface area contributed by atoms with E-state index in [1.54, 1.807) is 7.11 Å². The van der Waals surface area contributed by atoms with Crippen molar-refractivity contribution in [3.05, 3.63) is 0 Å². The van der Waals surface area contributed by atoms with E-state index in [1.807, 2.05) is 11.8 Å². The third-order valence-corrected chi connectivity index (χ3v) is 3.24. The van der Waals surface area contributed by atoms with Crippen LogP contribution in [0.1, 0.15) is 27.2 Å². The highest BCUT2D eigenvalue weighted by atomic mass is 32.2. The van der Waals surface area contributed by atoms with Gasteiger partial charge in [0.2, 0.25) is 0 Å². The van der Waals surface area contributed by atoms with Crippen molar-refractivity contribution in [3.8, 4) is 0 Å². The minimum atomic E-state index is -0.192. The smallest absolute Gasteiger partial charge is 0.0657 e. The first-order chi connectivity index (χ1) is 6.07. The summed E-state index contributed by atoms with van der Waals surface area (Å²) >= 11 is 1.81. The molecule has 0 aliphatic carbocycles. The first kappa shape index (κ1) is 13.3. The molecule has 0 amide bonds. The maximum atomic E-state index is 9.72. The molecule has 13 heavy (non-hydrogen) atoms. The molecule has 0 saturated carbocycles. The summed E-state index contributed by atoms with van der Waals surface area (Å²) in [5.74, 6) is 1.17. The van der Waals surface area contributed by atoms with Crippen LogP contribution >= 0.6 is 11.8 Å². The molecule has 80 valence electrons. The molecule has 0 fully saturated rings. The average Bonchev–Trinajstić information content (AvgIpc) is 2.10. The predicted octanol–water partition coefficient (Wildman–Crippen LogP) is 2.16. The molecule has 0 radical (unpaired) electrons. The average molecular weight is 206 g/mol. The van der Waals surface area contributed by atoms with Gasteiger partial charge in [-0.25, -0.2) is 0 Å². The Hall–Kier alpha value is 0.270. The molecule has 0 aromatic rings. The van der Waals surface area contributed by atoms with Gasteiger partial charge >= 0.3 is 0 Å². The number of hydrogen-bond acceptors (Lipinski definition) is 3. The number of methoxy groups -OCH3 is 1. The van der Waals surface area contributed by atoms with Gasteiger partial charge in [-0.05, 0) is 17.6 Å². The maximum absolute atomic E-state index is 9.72. The molecule has 2 nitrogen and oxygen atoms in total. The van der Waals surface area contributed by atoms with Crippen LogP contribution in [0, 0.1) is 5.92 Å². The van der Waals surface area contributed by atoms with Gasteiger partial charge in [-0.2, -0.15) is 11.8 Å². The van der Waals surface area contributed by atoms with Gasteiger partial charge in [-0.3, -0.25) is 0 Å². The summed E-state index contributed by atoms with van der Waals surface area (Å²) in [7, 11) is 1.70. The van der Waals surface area contributed by atoms with Gasteiger partial charge in [-0.15, -0.1) is 0 Å². The second-order valence-electron chi connectivity index (χ2n) is 3.71. The van der Waals surface area contributed by atoms with Crippen LogP contribution in [0.25, 0.3) is 0 Å². The van der Waals surface area contributed by atoms with Gasteiger partial charge in [-0.1, -0.05) is 20.8 Å². The van der Waals surface area contributed by atoms with Crippen LogP contribution in [0.3, 0.4) is 0 Å². The molecule has 0 aliphatic heterocycles. The molecular formula is C10H22O2S. The van der Waals surface area contributed by atoms with Crippen molar-refractivity contribution >= 4 is 11.8 Å². The maximum Gasteiger partial charge on any atom is 0.0657 e. The standard InChI is InChI=1S/C10H22O2S/c1-8(2)13-7-10(11)9(3)5-6-12-4/h8-11H,5-7H2,1-4H3. The van der Waals surface area contributed by atoms with Gasteiger partial charge in [0, 0.05) is 19.5 Å². The van der Waals surface area contributed by atoms with E-state index < -0.39 is 0 Å². The SMILES string of the molecule is COCCC(C)C(O)CSC(C)C. The summed E-state index contributed by atoms with van der Waals surface area (Å²) in [6.07, 6.45) is 0.749. The molecule has 0 bridgehead atoms. The minimum Gasteiger partial charge on any atom is -0.392 e. The molecule has 0 heterocycles. The first-order valence-electron chi connectivity index (χ1n) is 4.86. The normalized spacial score (nSPS) is 16.2. The van der Waals surface area contributed by atoms with Gasteiger partial charge in [0.25, 0.3) is 0 Å². The third-order valence-electron chi connectivity index (χ3n) is 2.03. The highest BCUT2D eigenvalue weighted by Crippen LogP contribution is 2.16. The fraction of sp³-hybridized carbons (Fsp3) is 1.00. The van der Waals surface area contributed by atoms with E-state index in [4.69, 9.17) is 4.74 Å². The zero-order valence-corrected chi connectivity index (χ0v) is 9.93. The van der Waals surface area contributed by atoms with Gasteiger partial charge in [0.05, 0.1) is 6.10 Å². The zero-order chi connectivity index (χ0) is 10.3. The Labute approximate surface area is 86.1 Å². The van der Waals surface area contributed by atoms with Crippen LogP contribution < -0.4 is 0 Å². The highest BCUT2D eigenvalue weighted by molar-refractivity contribution is 7.99. The van der Waals surface area contributed by atoms with Crippen molar-refractivity contribution in [2.75, 3.05) is 19.5 Å². The Bertz CT molecular complexity index is 117. The number of rotatable bonds is 7. The molecule has 2 atom stereocenters. The van der Waals surface area contributed by atoms with E-state index in [0.717, 1.165) is 18.8 Å². The number of aliphatic hydroxyl groups excluding tert-OH is 1. The van der Waals surface area contributed by atoms with Gasteiger partial charge in [0.15, 0.2) is 0 Å². The summed E-state index contributed by atoms with van der Waals surface area (Å²) in [5, 5.41) is 10.3. The Kier molecular flexibility index (Phi) is 7.81. The molecule has 0 aromatic carbocycles. The van der Waals surface area contributed by atoms with Crippen LogP contribution in [0.5, 0.6) is 0 Å². The van der Waals surface area contributed by atoms with Gasteiger partial charge in [0.1, 0.15) is 0 Å². The van der Waals surface area contributed by atoms with Crippen LogP contribution in [-0.2, 0) is 4.74 Å². The summed E-state index contributed by atoms with van der Waals surface area (Å²) in [6.45, 7) is 7.11. The largest absolute Gasteiger partial charge is 0.392 e. The summed E-state index contributed by atoms with van der Waals surface area (Å²) in [5.41, 5.74) is 0. The fourth-order valence-corrected chi connectivity index (χ4v) is 1.86. The Morgan fingerprint density at radius 1 is 1.31 bits per heavy atom. The Morgan fingerprint density at radius 2 is 1.92 bits per heavy atom. The van der Waals surface area contributed by atoms with Crippen molar-refractivity contribution in [3.63, 3.8) is 0 Å². The number of ether oxygens (including phenoxy) is 1. The van der Waals surface area contributed by atoms with Crippen molar-refractivity contribution < 1.29 is 9.84 Å². The fourth-order valence-electron chi connectivity index (χ4n) is 0.951. The second-order valence-corrected chi connectivity index (χ2v) is 5.32. The quantitative estimate of drug-likeness (QED) is 0.692. The lowest BCUT2D eigenvalue weighted by molar-refractivity contribution is 0.105. The highest BCUT2D eigenvalue weighted by Gasteiger charge is 2.14. The van der Waals surface area contributed by atoms with Crippen molar-refractivity contribution in [2.45, 2.75) is 38.5 Å². The zero-order valence-electron chi connectivity index (χ0n) is 9.12. The summed E-state index contributed by atoms with van der Waals surface area (Å²) in [4.78, 5) is 0. The Balaban J connectivity index is 3.50. The van der Waals surface area contributed by atoms with E-state index >= 15 is 0 Å². The first-order valence-corrected chi connectivity index (χ1v) is 5.91. The van der Waals surface area contributed by atoms with Crippen molar-refractivity contribution in [1.82, 2.24) is 0 Å². The van der Waals surface area contributed by atoms with E-state index in [9.17, 15) is 5.11 Å². The molecule has 0 aromatic heterocycles. The van der Waals surface area contributed by atoms with E-state index in [1.165, 1.54) is 0 Å². The van der Waals surface area contributed by atoms with E-state index in [0.29, 0.717) is 11.2 Å². The molecule has 1 N–H and O–H groups in total. The molecule has 0 saturated heterocycles. The number of hydrogen-bond donors (Lipinski definition) is 1. The lowest BCUT2D eigenvalue weighted by atomic mass is 10.0. The predicted molar refractivity (Wildman–Crippen MR) is 59.3 cm³/mol. The topological polar surface area (TPSA) is 29.5 Å². The lowest BCUT2D eigenvalue weighted by Crippen LogP contribution is -2.22. The molecule has 3 heteroatoms. The van der Waals surface area contributed by atoms with E-state index in [-0.39, 0.29) is 6.10 Å². The molecular weight excluding hydrogens is 184 g/mol.